The normalized spacial score (nSPS) is 11.6. The molecule has 17 heavy (non-hydrogen) atoms. The summed E-state index contributed by atoms with van der Waals surface area (Å²) in [4.78, 5) is 14.2. The fraction of sp³-hybridized carbons (Fsp3) is 0.500. The molecule has 0 aliphatic carbocycles. The maximum Gasteiger partial charge on any atom is 0.254 e. The molecule has 0 aliphatic rings. The topological polar surface area (TPSA) is 29.5 Å². The molecule has 0 N–H and O–H groups in total. The highest BCUT2D eigenvalue weighted by Crippen LogP contribution is 2.17. The first-order valence-electron chi connectivity index (χ1n) is 6.36. The number of benzene rings is 1. The van der Waals surface area contributed by atoms with E-state index in [2.05, 4.69) is 0 Å². The molecular formula is C14H21NO2. The van der Waals surface area contributed by atoms with Gasteiger partial charge in [-0.05, 0) is 45.9 Å². The summed E-state index contributed by atoms with van der Waals surface area (Å²) in [6.45, 7) is 7.90. The Hall–Kier alpha value is -1.51. The maximum absolute atomic E-state index is 12.5. The third kappa shape index (κ3) is 3.22. The smallest absolute Gasteiger partial charge is 0.254 e. The van der Waals surface area contributed by atoms with E-state index < -0.39 is 0 Å². The van der Waals surface area contributed by atoms with Gasteiger partial charge in [0.2, 0.25) is 0 Å². The second kappa shape index (κ2) is 5.71. The zero-order valence-electron chi connectivity index (χ0n) is 12.2. The van der Waals surface area contributed by atoms with Crippen molar-refractivity contribution in [2.24, 2.45) is 0 Å². The van der Waals surface area contributed by atoms with Gasteiger partial charge in [-0.15, -0.1) is 0 Å². The van der Waals surface area contributed by atoms with Crippen LogP contribution in [0.3, 0.4) is 0 Å². The summed E-state index contributed by atoms with van der Waals surface area (Å²) < 4.78 is 13.1. The second-order valence-electron chi connectivity index (χ2n) is 4.53. The number of nitrogens with zero attached hydrogens (tertiary/aromatic N) is 1. The van der Waals surface area contributed by atoms with E-state index in [1.54, 1.807) is 23.1 Å². The number of rotatable bonds is 4. The Bertz CT molecular complexity index is 422. The number of carbonyl (C=O) groups is 1. The molecule has 0 heterocycles. The minimum atomic E-state index is -0.121. The number of amides is 1. The summed E-state index contributed by atoms with van der Waals surface area (Å²) in [6.07, 6.45) is 0. The Kier molecular flexibility index (Phi) is 4.02. The van der Waals surface area contributed by atoms with Crippen LogP contribution < -0.4 is 4.74 Å². The molecule has 0 aromatic heterocycles. The van der Waals surface area contributed by atoms with Crippen molar-refractivity contribution < 1.29 is 10.9 Å². The van der Waals surface area contributed by atoms with Crippen molar-refractivity contribution in [2.75, 3.05) is 7.11 Å². The summed E-state index contributed by atoms with van der Waals surface area (Å²) in [5.74, 6) is 0.303. The fourth-order valence-electron chi connectivity index (χ4n) is 1.90. The first-order chi connectivity index (χ1) is 8.40. The van der Waals surface area contributed by atoms with Crippen molar-refractivity contribution in [1.82, 2.24) is 4.90 Å². The maximum atomic E-state index is 12.5. The molecule has 1 aromatic carbocycles. The molecule has 0 aliphatic heterocycles. The molecule has 94 valence electrons. The van der Waals surface area contributed by atoms with Crippen molar-refractivity contribution in [2.45, 2.75) is 39.8 Å². The predicted octanol–water partition coefficient (Wildman–Crippen LogP) is 2.95. The van der Waals surface area contributed by atoms with Crippen LogP contribution in [0.5, 0.6) is 5.75 Å². The Morgan fingerprint density at radius 2 is 1.88 bits per heavy atom. The second-order valence-corrected chi connectivity index (χ2v) is 4.53. The number of ether oxygens (including phenoxy) is 1. The standard InChI is InChI=1S/C14H21NO2/c1-10(2)15(11(3)4)14(16)12-7-6-8-13(9-12)17-5/h6-11H,1-5H3/i9D. The van der Waals surface area contributed by atoms with E-state index in [-0.39, 0.29) is 24.0 Å². The molecule has 3 nitrogen and oxygen atoms in total. The molecule has 0 bridgehead atoms. The van der Waals surface area contributed by atoms with Crippen LogP contribution in [-0.4, -0.2) is 30.0 Å². The lowest BCUT2D eigenvalue weighted by atomic mass is 10.1. The first-order valence-corrected chi connectivity index (χ1v) is 5.86. The van der Waals surface area contributed by atoms with Gasteiger partial charge in [-0.3, -0.25) is 4.79 Å². The highest BCUT2D eigenvalue weighted by molar-refractivity contribution is 5.95. The largest absolute Gasteiger partial charge is 0.497 e. The average molecular weight is 236 g/mol. The van der Waals surface area contributed by atoms with Gasteiger partial charge in [0.15, 0.2) is 0 Å². The van der Waals surface area contributed by atoms with Crippen LogP contribution in [0.4, 0.5) is 0 Å². The van der Waals surface area contributed by atoms with Gasteiger partial charge in [0.25, 0.3) is 5.91 Å². The molecular weight excluding hydrogens is 214 g/mol. The molecule has 0 fully saturated rings. The fourth-order valence-corrected chi connectivity index (χ4v) is 1.90. The molecule has 0 saturated carbocycles. The van der Waals surface area contributed by atoms with Crippen molar-refractivity contribution in [3.05, 3.63) is 29.8 Å². The lowest BCUT2D eigenvalue weighted by Gasteiger charge is -2.30. The van der Waals surface area contributed by atoms with Gasteiger partial charge in [0, 0.05) is 17.6 Å². The zero-order valence-corrected chi connectivity index (χ0v) is 11.2. The van der Waals surface area contributed by atoms with E-state index in [0.29, 0.717) is 11.3 Å². The third-order valence-electron chi connectivity index (χ3n) is 2.57. The third-order valence-corrected chi connectivity index (χ3v) is 2.57. The average Bonchev–Trinajstić information content (AvgIpc) is 2.28. The zero-order chi connectivity index (χ0) is 13.9. The van der Waals surface area contributed by atoms with E-state index in [1.165, 1.54) is 7.11 Å². The lowest BCUT2D eigenvalue weighted by molar-refractivity contribution is 0.0643. The van der Waals surface area contributed by atoms with Gasteiger partial charge in [-0.1, -0.05) is 6.07 Å². The molecule has 3 heteroatoms. The van der Waals surface area contributed by atoms with Crippen LogP contribution >= 0.6 is 0 Å². The van der Waals surface area contributed by atoms with E-state index in [4.69, 9.17) is 6.11 Å². The van der Waals surface area contributed by atoms with E-state index in [0.717, 1.165) is 0 Å². The van der Waals surface area contributed by atoms with Crippen LogP contribution in [0.2, 0.25) is 0 Å². The number of methoxy groups -OCH3 is 1. The van der Waals surface area contributed by atoms with Gasteiger partial charge in [-0.25, -0.2) is 0 Å². The molecule has 0 atom stereocenters. The van der Waals surface area contributed by atoms with E-state index >= 15 is 0 Å². The first kappa shape index (κ1) is 12.0. The summed E-state index contributed by atoms with van der Waals surface area (Å²) in [7, 11) is 1.50. The number of carbonyl (C=O) groups excluding carboxylic acids is 1. The Morgan fingerprint density at radius 3 is 2.35 bits per heavy atom. The highest BCUT2D eigenvalue weighted by atomic mass is 16.5. The van der Waals surface area contributed by atoms with Crippen LogP contribution in [-0.2, 0) is 0 Å². The highest BCUT2D eigenvalue weighted by Gasteiger charge is 2.21. The van der Waals surface area contributed by atoms with Crippen molar-refractivity contribution in [1.29, 1.82) is 0 Å². The number of hydrogen-bond acceptors (Lipinski definition) is 2. The number of hydrogen-bond donors (Lipinski definition) is 0. The van der Waals surface area contributed by atoms with Crippen LogP contribution in [0, 0.1) is 0 Å². The summed E-state index contributed by atoms with van der Waals surface area (Å²) in [6, 6.07) is 5.45. The summed E-state index contributed by atoms with van der Waals surface area (Å²) >= 11 is 0. The van der Waals surface area contributed by atoms with Gasteiger partial charge in [0.1, 0.15) is 5.75 Å². The van der Waals surface area contributed by atoms with Crippen molar-refractivity contribution >= 4 is 5.91 Å². The van der Waals surface area contributed by atoms with Crippen LogP contribution in [0.25, 0.3) is 0 Å². The molecule has 1 aromatic rings. The molecule has 1 amide bonds. The molecule has 0 saturated heterocycles. The van der Waals surface area contributed by atoms with E-state index in [1.807, 2.05) is 27.7 Å². The van der Waals surface area contributed by atoms with Gasteiger partial charge in [0.05, 0.1) is 8.48 Å². The monoisotopic (exact) mass is 236 g/mol. The van der Waals surface area contributed by atoms with Gasteiger partial charge in [-0.2, -0.15) is 0 Å². The Labute approximate surface area is 105 Å². The van der Waals surface area contributed by atoms with E-state index in [9.17, 15) is 4.79 Å². The lowest BCUT2D eigenvalue weighted by Crippen LogP contribution is -2.42. The SMILES string of the molecule is [2H]c1c(OC)cccc1C(=O)N(C(C)C)C(C)C. The van der Waals surface area contributed by atoms with Crippen LogP contribution in [0.15, 0.2) is 24.2 Å². The Morgan fingerprint density at radius 1 is 1.29 bits per heavy atom. The minimum absolute atomic E-state index is 0.100. The minimum Gasteiger partial charge on any atom is -0.497 e. The molecule has 1 rings (SSSR count). The summed E-state index contributed by atoms with van der Waals surface area (Å²) in [5.41, 5.74) is 0.386. The van der Waals surface area contributed by atoms with Crippen molar-refractivity contribution in [3.8, 4) is 5.75 Å². The Balaban J connectivity index is 3.17. The van der Waals surface area contributed by atoms with Gasteiger partial charge < -0.3 is 9.64 Å². The van der Waals surface area contributed by atoms with Crippen LogP contribution in [0.1, 0.15) is 39.4 Å². The summed E-state index contributed by atoms with van der Waals surface area (Å²) in [5, 5.41) is 0. The molecule has 0 unspecified atom stereocenters. The van der Waals surface area contributed by atoms with Crippen molar-refractivity contribution in [3.63, 3.8) is 0 Å². The predicted molar refractivity (Wildman–Crippen MR) is 69.4 cm³/mol. The molecule has 0 spiro atoms. The quantitative estimate of drug-likeness (QED) is 0.804. The van der Waals surface area contributed by atoms with Gasteiger partial charge >= 0.3 is 0 Å². The molecule has 0 radical (unpaired) electrons.